The van der Waals surface area contributed by atoms with E-state index in [9.17, 15) is 8.42 Å². The molecule has 1 aliphatic rings. The molecule has 2 N–H and O–H groups in total. The Labute approximate surface area is 165 Å². The summed E-state index contributed by atoms with van der Waals surface area (Å²) in [6, 6.07) is 7.11. The van der Waals surface area contributed by atoms with Crippen molar-refractivity contribution in [3.63, 3.8) is 0 Å². The average Bonchev–Trinajstić information content (AvgIpc) is 2.61. The molecule has 0 saturated heterocycles. The zero-order valence-electron chi connectivity index (χ0n) is 17.0. The van der Waals surface area contributed by atoms with Gasteiger partial charge in [-0.15, -0.1) is 0 Å². The van der Waals surface area contributed by atoms with Crippen LogP contribution in [0.2, 0.25) is 0 Å². The number of hydrogen-bond acceptors (Lipinski definition) is 3. The molecule has 1 fully saturated rings. The van der Waals surface area contributed by atoms with Crippen LogP contribution in [0.3, 0.4) is 0 Å². The molecular weight excluding hydrogens is 358 g/mol. The maximum absolute atomic E-state index is 11.5. The van der Waals surface area contributed by atoms with Gasteiger partial charge in [-0.3, -0.25) is 4.99 Å². The monoisotopic (exact) mass is 393 g/mol. The first-order chi connectivity index (χ1) is 12.9. The van der Waals surface area contributed by atoms with Crippen molar-refractivity contribution in [2.75, 3.05) is 25.9 Å². The summed E-state index contributed by atoms with van der Waals surface area (Å²) in [4.78, 5) is 5.09. The topological polar surface area (TPSA) is 70.6 Å². The molecule has 2 unspecified atom stereocenters. The molecule has 0 heterocycles. The van der Waals surface area contributed by atoms with Gasteiger partial charge in [-0.25, -0.2) is 8.42 Å². The second-order valence-electron chi connectivity index (χ2n) is 7.78. The van der Waals surface area contributed by atoms with Crippen LogP contribution in [0.5, 0.6) is 0 Å². The molecule has 2 rings (SSSR count). The molecule has 0 amide bonds. The van der Waals surface area contributed by atoms with E-state index in [0.717, 1.165) is 49.4 Å². The zero-order chi connectivity index (χ0) is 19.7. The van der Waals surface area contributed by atoms with Gasteiger partial charge >= 0.3 is 0 Å². The van der Waals surface area contributed by atoms with E-state index in [-0.39, 0.29) is 0 Å². The summed E-state index contributed by atoms with van der Waals surface area (Å²) in [7, 11) is -3.13. The Morgan fingerprint density at radius 2 is 1.93 bits per heavy atom. The van der Waals surface area contributed by atoms with E-state index in [2.05, 4.69) is 24.5 Å². The first kappa shape index (κ1) is 21.7. The number of nitrogens with zero attached hydrogens (tertiary/aromatic N) is 1. The fourth-order valence-electron chi connectivity index (χ4n) is 3.75. The summed E-state index contributed by atoms with van der Waals surface area (Å²) in [5.74, 6) is 2.57. The van der Waals surface area contributed by atoms with E-state index in [0.29, 0.717) is 4.90 Å². The van der Waals surface area contributed by atoms with E-state index in [4.69, 9.17) is 4.99 Å². The van der Waals surface area contributed by atoms with E-state index in [1.54, 1.807) is 12.1 Å². The second kappa shape index (κ2) is 10.7. The molecule has 1 aromatic rings. The van der Waals surface area contributed by atoms with Crippen LogP contribution in [0.15, 0.2) is 34.2 Å². The second-order valence-corrected chi connectivity index (χ2v) is 9.80. The van der Waals surface area contributed by atoms with Gasteiger partial charge in [0, 0.05) is 25.9 Å². The van der Waals surface area contributed by atoms with Gasteiger partial charge in [0.2, 0.25) is 0 Å². The molecule has 0 spiro atoms. The van der Waals surface area contributed by atoms with Crippen molar-refractivity contribution in [3.05, 3.63) is 29.8 Å². The minimum absolute atomic E-state index is 0.367. The summed E-state index contributed by atoms with van der Waals surface area (Å²) < 4.78 is 23.0. The summed E-state index contributed by atoms with van der Waals surface area (Å²) >= 11 is 0. The molecule has 6 heteroatoms. The lowest BCUT2D eigenvalue weighted by molar-refractivity contribution is 0.272. The Morgan fingerprint density at radius 3 is 2.56 bits per heavy atom. The lowest BCUT2D eigenvalue weighted by atomic mass is 9.81. The molecule has 0 bridgehead atoms. The smallest absolute Gasteiger partial charge is 0.191 e. The highest BCUT2D eigenvalue weighted by molar-refractivity contribution is 7.90. The molecule has 0 aromatic heterocycles. The molecule has 1 aliphatic carbocycles. The summed E-state index contributed by atoms with van der Waals surface area (Å²) in [5.41, 5.74) is 1.11. The van der Waals surface area contributed by atoms with Gasteiger partial charge in [-0.1, -0.05) is 38.3 Å². The van der Waals surface area contributed by atoms with E-state index < -0.39 is 9.84 Å². The lowest BCUT2D eigenvalue weighted by Crippen LogP contribution is -2.38. The Bertz CT molecular complexity index is 699. The van der Waals surface area contributed by atoms with Crippen LogP contribution < -0.4 is 10.6 Å². The van der Waals surface area contributed by atoms with E-state index in [1.165, 1.54) is 38.4 Å². The normalized spacial score (nSPS) is 21.1. The van der Waals surface area contributed by atoms with E-state index in [1.807, 2.05) is 12.1 Å². The number of nitrogens with one attached hydrogen (secondary N) is 2. The Hall–Kier alpha value is -1.56. The fraction of sp³-hybridized carbons (Fsp3) is 0.667. The van der Waals surface area contributed by atoms with Gasteiger partial charge in [-0.2, -0.15) is 0 Å². The summed E-state index contributed by atoms with van der Waals surface area (Å²) in [6.07, 6.45) is 8.69. The van der Waals surface area contributed by atoms with Crippen molar-refractivity contribution in [1.82, 2.24) is 10.6 Å². The van der Waals surface area contributed by atoms with Crippen molar-refractivity contribution in [3.8, 4) is 0 Å². The SMILES string of the molecule is CCNC(=NCCC1CCCC(C)C1)NCCc1ccc(S(C)(=O)=O)cc1. The van der Waals surface area contributed by atoms with Crippen LogP contribution in [0, 0.1) is 11.8 Å². The highest BCUT2D eigenvalue weighted by Gasteiger charge is 2.18. The largest absolute Gasteiger partial charge is 0.357 e. The predicted molar refractivity (Wildman–Crippen MR) is 113 cm³/mol. The van der Waals surface area contributed by atoms with Crippen LogP contribution in [0.25, 0.3) is 0 Å². The third-order valence-electron chi connectivity index (χ3n) is 5.25. The fourth-order valence-corrected chi connectivity index (χ4v) is 4.38. The van der Waals surface area contributed by atoms with Crippen molar-refractivity contribution < 1.29 is 8.42 Å². The van der Waals surface area contributed by atoms with Crippen molar-refractivity contribution >= 4 is 15.8 Å². The molecular formula is C21H35N3O2S. The minimum atomic E-state index is -3.13. The number of guanidine groups is 1. The molecule has 1 saturated carbocycles. The van der Waals surface area contributed by atoms with Crippen molar-refractivity contribution in [1.29, 1.82) is 0 Å². The van der Waals surface area contributed by atoms with Gasteiger partial charge in [0.15, 0.2) is 15.8 Å². The molecule has 152 valence electrons. The van der Waals surface area contributed by atoms with Crippen molar-refractivity contribution in [2.45, 2.75) is 57.3 Å². The Balaban J connectivity index is 1.77. The summed E-state index contributed by atoms with van der Waals surface area (Å²) in [5, 5.41) is 6.69. The maximum Gasteiger partial charge on any atom is 0.191 e. The van der Waals surface area contributed by atoms with Crippen LogP contribution in [-0.4, -0.2) is 40.3 Å². The molecule has 0 aliphatic heterocycles. The van der Waals surface area contributed by atoms with Crippen LogP contribution in [0.1, 0.15) is 51.5 Å². The molecule has 2 atom stereocenters. The quantitative estimate of drug-likeness (QED) is 0.524. The first-order valence-corrected chi connectivity index (χ1v) is 12.1. The van der Waals surface area contributed by atoms with Gasteiger partial charge in [0.25, 0.3) is 0 Å². The molecule has 27 heavy (non-hydrogen) atoms. The van der Waals surface area contributed by atoms with Gasteiger partial charge < -0.3 is 10.6 Å². The minimum Gasteiger partial charge on any atom is -0.357 e. The molecule has 5 nitrogen and oxygen atoms in total. The highest BCUT2D eigenvalue weighted by Crippen LogP contribution is 2.30. The predicted octanol–water partition coefficient (Wildman–Crippen LogP) is 3.40. The standard InChI is InChI=1S/C21H35N3O2S/c1-4-22-21(24-15-13-19-7-5-6-17(2)16-19)23-14-12-18-8-10-20(11-9-18)27(3,25)26/h8-11,17,19H,4-7,12-16H2,1-3H3,(H2,22,23,24). The van der Waals surface area contributed by atoms with Crippen LogP contribution in [-0.2, 0) is 16.3 Å². The molecule has 0 radical (unpaired) electrons. The Kier molecular flexibility index (Phi) is 8.61. The maximum atomic E-state index is 11.5. The lowest BCUT2D eigenvalue weighted by Gasteiger charge is -2.26. The average molecular weight is 394 g/mol. The zero-order valence-corrected chi connectivity index (χ0v) is 17.8. The van der Waals surface area contributed by atoms with Gasteiger partial charge in [-0.05, 0) is 55.7 Å². The van der Waals surface area contributed by atoms with Gasteiger partial charge in [0.1, 0.15) is 0 Å². The highest BCUT2D eigenvalue weighted by atomic mass is 32.2. The van der Waals surface area contributed by atoms with Gasteiger partial charge in [0.05, 0.1) is 4.90 Å². The van der Waals surface area contributed by atoms with E-state index >= 15 is 0 Å². The number of hydrogen-bond donors (Lipinski definition) is 2. The van der Waals surface area contributed by atoms with Crippen molar-refractivity contribution in [2.24, 2.45) is 16.8 Å². The first-order valence-electron chi connectivity index (χ1n) is 10.2. The number of aliphatic imine (C=N–C) groups is 1. The Morgan fingerprint density at radius 1 is 1.19 bits per heavy atom. The summed E-state index contributed by atoms with van der Waals surface area (Å²) in [6.45, 7) is 6.92. The van der Waals surface area contributed by atoms with Crippen LogP contribution >= 0.6 is 0 Å². The molecule has 1 aromatic carbocycles. The third kappa shape index (κ3) is 7.91. The number of benzene rings is 1. The van der Waals surface area contributed by atoms with Crippen LogP contribution in [0.4, 0.5) is 0 Å². The third-order valence-corrected chi connectivity index (χ3v) is 6.38. The number of sulfone groups is 1. The number of rotatable bonds is 8.